The van der Waals surface area contributed by atoms with Crippen molar-refractivity contribution in [2.75, 3.05) is 13.2 Å². The zero-order chi connectivity index (χ0) is 17.2. The maximum Gasteiger partial charge on any atom is 0.119 e. The predicted molar refractivity (Wildman–Crippen MR) is 102 cm³/mol. The zero-order valence-electron chi connectivity index (χ0n) is 15.3. The Morgan fingerprint density at radius 3 is 2.00 bits per heavy atom. The fourth-order valence-electron chi connectivity index (χ4n) is 2.76. The number of benzene rings is 2. The topological polar surface area (TPSA) is 18.5 Å². The minimum atomic E-state index is 0.146. The first kappa shape index (κ1) is 18.5. The molecule has 0 aliphatic carbocycles. The van der Waals surface area contributed by atoms with E-state index in [1.54, 1.807) is 0 Å². The molecule has 0 radical (unpaired) electrons. The van der Waals surface area contributed by atoms with Crippen LogP contribution in [-0.2, 0) is 4.74 Å². The number of rotatable bonds is 10. The van der Waals surface area contributed by atoms with Crippen LogP contribution in [0.1, 0.15) is 58.1 Å². The molecule has 0 bridgehead atoms. The van der Waals surface area contributed by atoms with Gasteiger partial charge in [-0.05, 0) is 49.1 Å². The van der Waals surface area contributed by atoms with Crippen molar-refractivity contribution in [3.63, 3.8) is 0 Å². The molecule has 0 aliphatic rings. The molecule has 0 saturated heterocycles. The average Bonchev–Trinajstić information content (AvgIpc) is 2.62. The Labute approximate surface area is 146 Å². The third-order valence-electron chi connectivity index (χ3n) is 4.25. The van der Waals surface area contributed by atoms with Crippen LogP contribution in [0.4, 0.5) is 0 Å². The molecular weight excluding hydrogens is 296 g/mol. The van der Waals surface area contributed by atoms with Crippen molar-refractivity contribution in [3.05, 3.63) is 54.1 Å². The van der Waals surface area contributed by atoms with Crippen molar-refractivity contribution in [3.8, 4) is 16.9 Å². The van der Waals surface area contributed by atoms with E-state index in [4.69, 9.17) is 9.47 Å². The van der Waals surface area contributed by atoms with Crippen LogP contribution in [0.25, 0.3) is 11.1 Å². The lowest BCUT2D eigenvalue weighted by atomic mass is 10.0. The quantitative estimate of drug-likeness (QED) is 0.470. The molecule has 2 heteroatoms. The van der Waals surface area contributed by atoms with Gasteiger partial charge in [0.1, 0.15) is 5.75 Å². The SMILES string of the molecule is CCCCCCOc1ccc(-c2ccc(C(C)OCC)cc2)cc1. The van der Waals surface area contributed by atoms with E-state index in [9.17, 15) is 0 Å². The standard InChI is InChI=1S/C22H30O2/c1-4-6-7-8-17-24-22-15-13-21(14-16-22)20-11-9-19(10-12-20)18(3)23-5-2/h9-16,18H,4-8,17H2,1-3H3. The van der Waals surface area contributed by atoms with E-state index >= 15 is 0 Å². The summed E-state index contributed by atoms with van der Waals surface area (Å²) in [6.45, 7) is 7.89. The maximum atomic E-state index is 5.80. The second-order valence-electron chi connectivity index (χ2n) is 6.15. The Bertz CT molecular complexity index is 572. The number of hydrogen-bond acceptors (Lipinski definition) is 2. The van der Waals surface area contributed by atoms with E-state index in [0.717, 1.165) is 25.4 Å². The van der Waals surface area contributed by atoms with Gasteiger partial charge in [-0.3, -0.25) is 0 Å². The van der Waals surface area contributed by atoms with E-state index in [0.29, 0.717) is 0 Å². The van der Waals surface area contributed by atoms with Crippen molar-refractivity contribution in [1.29, 1.82) is 0 Å². The molecule has 2 nitrogen and oxygen atoms in total. The lowest BCUT2D eigenvalue weighted by Gasteiger charge is -2.12. The van der Waals surface area contributed by atoms with E-state index in [1.807, 2.05) is 6.92 Å². The van der Waals surface area contributed by atoms with E-state index < -0.39 is 0 Å². The Kier molecular flexibility index (Phi) is 7.84. The molecule has 0 heterocycles. The van der Waals surface area contributed by atoms with Crippen LogP contribution in [0, 0.1) is 0 Å². The third-order valence-corrected chi connectivity index (χ3v) is 4.25. The second-order valence-corrected chi connectivity index (χ2v) is 6.15. The Balaban J connectivity index is 1.90. The molecule has 24 heavy (non-hydrogen) atoms. The van der Waals surface area contributed by atoms with Gasteiger partial charge in [0.2, 0.25) is 0 Å². The Morgan fingerprint density at radius 1 is 0.792 bits per heavy atom. The predicted octanol–water partition coefficient (Wildman–Crippen LogP) is 6.41. The van der Waals surface area contributed by atoms with Crippen LogP contribution in [0.2, 0.25) is 0 Å². The van der Waals surface area contributed by atoms with E-state index in [1.165, 1.54) is 36.0 Å². The molecule has 130 valence electrons. The monoisotopic (exact) mass is 326 g/mol. The van der Waals surface area contributed by atoms with E-state index in [2.05, 4.69) is 62.4 Å². The fourth-order valence-corrected chi connectivity index (χ4v) is 2.76. The molecule has 0 N–H and O–H groups in total. The summed E-state index contributed by atoms with van der Waals surface area (Å²) in [5, 5.41) is 0. The smallest absolute Gasteiger partial charge is 0.119 e. The minimum absolute atomic E-state index is 0.146. The van der Waals surface area contributed by atoms with Gasteiger partial charge in [0, 0.05) is 6.61 Å². The molecule has 0 saturated carbocycles. The maximum absolute atomic E-state index is 5.80. The van der Waals surface area contributed by atoms with Gasteiger partial charge in [0.05, 0.1) is 12.7 Å². The summed E-state index contributed by atoms with van der Waals surface area (Å²) in [5.74, 6) is 0.955. The van der Waals surface area contributed by atoms with Gasteiger partial charge in [-0.25, -0.2) is 0 Å². The van der Waals surface area contributed by atoms with Crippen LogP contribution in [0.15, 0.2) is 48.5 Å². The highest BCUT2D eigenvalue weighted by molar-refractivity contribution is 5.64. The van der Waals surface area contributed by atoms with Gasteiger partial charge in [-0.15, -0.1) is 0 Å². The van der Waals surface area contributed by atoms with Crippen molar-refractivity contribution >= 4 is 0 Å². The first-order chi connectivity index (χ1) is 11.7. The van der Waals surface area contributed by atoms with E-state index in [-0.39, 0.29) is 6.10 Å². The van der Waals surface area contributed by atoms with Crippen LogP contribution in [-0.4, -0.2) is 13.2 Å². The summed E-state index contributed by atoms with van der Waals surface area (Å²) in [4.78, 5) is 0. The van der Waals surface area contributed by atoms with Crippen molar-refractivity contribution in [2.45, 2.75) is 52.6 Å². The van der Waals surface area contributed by atoms with Gasteiger partial charge in [-0.2, -0.15) is 0 Å². The summed E-state index contributed by atoms with van der Waals surface area (Å²) in [6, 6.07) is 17.0. The molecule has 2 rings (SSSR count). The zero-order valence-corrected chi connectivity index (χ0v) is 15.3. The first-order valence-corrected chi connectivity index (χ1v) is 9.19. The third kappa shape index (κ3) is 5.68. The Hall–Kier alpha value is -1.80. The highest BCUT2D eigenvalue weighted by Crippen LogP contribution is 2.25. The molecule has 2 aromatic carbocycles. The first-order valence-electron chi connectivity index (χ1n) is 9.19. The van der Waals surface area contributed by atoms with Gasteiger partial charge in [0.25, 0.3) is 0 Å². The lowest BCUT2D eigenvalue weighted by molar-refractivity contribution is 0.0764. The van der Waals surface area contributed by atoms with Gasteiger partial charge in [-0.1, -0.05) is 62.6 Å². The Morgan fingerprint density at radius 2 is 1.42 bits per heavy atom. The molecule has 0 fully saturated rings. The molecule has 0 aromatic heterocycles. The minimum Gasteiger partial charge on any atom is -0.494 e. The largest absolute Gasteiger partial charge is 0.494 e. The van der Waals surface area contributed by atoms with Crippen molar-refractivity contribution < 1.29 is 9.47 Å². The summed E-state index contributed by atoms with van der Waals surface area (Å²) in [5.41, 5.74) is 3.65. The summed E-state index contributed by atoms with van der Waals surface area (Å²) >= 11 is 0. The molecular formula is C22H30O2. The normalized spacial score (nSPS) is 12.1. The van der Waals surface area contributed by atoms with Crippen molar-refractivity contribution in [1.82, 2.24) is 0 Å². The van der Waals surface area contributed by atoms with Gasteiger partial charge < -0.3 is 9.47 Å². The molecule has 0 amide bonds. The van der Waals surface area contributed by atoms with Crippen LogP contribution in [0.5, 0.6) is 5.75 Å². The summed E-state index contributed by atoms with van der Waals surface area (Å²) in [6.07, 6.45) is 5.08. The molecule has 1 atom stereocenters. The number of unbranched alkanes of at least 4 members (excludes halogenated alkanes) is 3. The number of ether oxygens (including phenoxy) is 2. The summed E-state index contributed by atoms with van der Waals surface area (Å²) in [7, 11) is 0. The average molecular weight is 326 g/mol. The second kappa shape index (κ2) is 10.1. The molecule has 0 aliphatic heterocycles. The lowest BCUT2D eigenvalue weighted by Crippen LogP contribution is -1.99. The molecule has 1 unspecified atom stereocenters. The highest BCUT2D eigenvalue weighted by atomic mass is 16.5. The number of hydrogen-bond donors (Lipinski definition) is 0. The molecule has 2 aromatic rings. The fraction of sp³-hybridized carbons (Fsp3) is 0.455. The van der Waals surface area contributed by atoms with Crippen LogP contribution >= 0.6 is 0 Å². The van der Waals surface area contributed by atoms with Crippen LogP contribution < -0.4 is 4.74 Å². The van der Waals surface area contributed by atoms with Crippen molar-refractivity contribution in [2.24, 2.45) is 0 Å². The van der Waals surface area contributed by atoms with Crippen LogP contribution in [0.3, 0.4) is 0 Å². The van der Waals surface area contributed by atoms with Gasteiger partial charge >= 0.3 is 0 Å². The molecule has 0 spiro atoms. The van der Waals surface area contributed by atoms with Gasteiger partial charge in [0.15, 0.2) is 0 Å². The highest BCUT2D eigenvalue weighted by Gasteiger charge is 2.05. The summed E-state index contributed by atoms with van der Waals surface area (Å²) < 4.78 is 11.4.